The minimum Gasteiger partial charge on any atom is -0.418 e. The topological polar surface area (TPSA) is 32.8 Å². The zero-order valence-corrected chi connectivity index (χ0v) is 41.9. The van der Waals surface area contributed by atoms with Gasteiger partial charge in [0.05, 0.1) is 0 Å². The Bertz CT molecular complexity index is 1640. The molecule has 0 aliphatic heterocycles. The Morgan fingerprint density at radius 3 is 2.11 bits per heavy atom. The number of carbonyl (C=O) groups excluding carboxylic acids is 1. The number of rotatable bonds is 27. The molecule has 0 bridgehead atoms. The summed E-state index contributed by atoms with van der Waals surface area (Å²) in [6, 6.07) is 6.63. The maximum absolute atomic E-state index is 10.9. The SMILES string of the molecule is C#CC=C.C=C/C=C(\C=C/CN(/C(C)=C/C=C\C)C(C)/C=C\C=C/C)C/C=C\CN(C/C=C\c1cc(OSC=O)ccc1C(C)C)C(/C=C\CCC)CC/C=C\C.CC.CCC. The Morgan fingerprint density at radius 2 is 1.53 bits per heavy atom. The minimum atomic E-state index is 0.256. The summed E-state index contributed by atoms with van der Waals surface area (Å²) in [5.41, 5.74) is 5.52. The predicted molar refractivity (Wildman–Crippen MR) is 284 cm³/mol. The molecule has 0 saturated carbocycles. The second kappa shape index (κ2) is 45.8. The van der Waals surface area contributed by atoms with Gasteiger partial charge in [-0.05, 0) is 107 Å². The van der Waals surface area contributed by atoms with Crippen molar-refractivity contribution in [2.75, 3.05) is 19.6 Å². The molecule has 5 heteroatoms. The highest BCUT2D eigenvalue weighted by Crippen LogP contribution is 2.27. The lowest BCUT2D eigenvalue weighted by molar-refractivity contribution is 0.269. The van der Waals surface area contributed by atoms with Crippen molar-refractivity contribution in [3.63, 3.8) is 0 Å². The molecule has 2 atom stereocenters. The van der Waals surface area contributed by atoms with Gasteiger partial charge < -0.3 is 9.08 Å². The summed E-state index contributed by atoms with van der Waals surface area (Å²) in [6.07, 6.45) is 53.9. The standard InChI is InChI=1S/C48H68N2O2S.C4H4.C3H8.C2H6/c1-10-15-19-28-43(9)50(42(8)27-18-13-4)38-24-30-44(26-14-5)29-22-23-36-49(46(32-20-16-11-2)33-21-17-12-3)37-25-31-45-39-47(52-53-40-51)34-35-48(45)41(6)7;1-3-4-2;1-3-2;1-2/h10-11,13-16,18-19,21-28,30-31,33-35,39-41,43,46H,5,12,17,20,29,32,36-38H2,1-4,6-9H3;1,4H,2H2;3H2,1-2H3;1-2H3/b15-10-,16-11-,18-13-,23-22-,28-19-,30-24-,31-25-,33-21-,42-27+,44-26-;;;. The molecule has 0 spiro atoms. The van der Waals surface area contributed by atoms with Crippen LogP contribution in [0.4, 0.5) is 0 Å². The minimum absolute atomic E-state index is 0.256. The fourth-order valence-corrected chi connectivity index (χ4v) is 6.01. The molecule has 4 nitrogen and oxygen atoms in total. The van der Waals surface area contributed by atoms with E-state index in [0.717, 1.165) is 69.3 Å². The summed E-state index contributed by atoms with van der Waals surface area (Å²) in [4.78, 5) is 15.8. The molecular weight excluding hydrogens is 777 g/mol. The van der Waals surface area contributed by atoms with Crippen molar-refractivity contribution in [2.45, 2.75) is 140 Å². The molecule has 0 saturated heterocycles. The average molecular weight is 863 g/mol. The van der Waals surface area contributed by atoms with Gasteiger partial charge in [-0.2, -0.15) is 0 Å². The van der Waals surface area contributed by atoms with Crippen LogP contribution in [0.15, 0.2) is 158 Å². The summed E-state index contributed by atoms with van der Waals surface area (Å²) in [6.45, 7) is 35.1. The van der Waals surface area contributed by atoms with Crippen LogP contribution in [0.5, 0.6) is 5.75 Å². The molecule has 62 heavy (non-hydrogen) atoms. The number of benzene rings is 1. The highest BCUT2D eigenvalue weighted by atomic mass is 32.2. The highest BCUT2D eigenvalue weighted by molar-refractivity contribution is 8.08. The molecule has 0 heterocycles. The third-order valence-electron chi connectivity index (χ3n) is 8.76. The largest absolute Gasteiger partial charge is 0.418 e. The first-order chi connectivity index (χ1) is 30.1. The molecule has 0 N–H and O–H groups in total. The monoisotopic (exact) mass is 863 g/mol. The average Bonchev–Trinajstić information content (AvgIpc) is 3.27. The summed E-state index contributed by atoms with van der Waals surface area (Å²) in [5, 5.41) is 0. The Morgan fingerprint density at radius 1 is 0.855 bits per heavy atom. The van der Waals surface area contributed by atoms with Crippen LogP contribution in [0.3, 0.4) is 0 Å². The molecule has 0 aliphatic carbocycles. The lowest BCUT2D eigenvalue weighted by Crippen LogP contribution is -2.34. The molecule has 1 aromatic carbocycles. The van der Waals surface area contributed by atoms with Crippen molar-refractivity contribution >= 4 is 23.7 Å². The van der Waals surface area contributed by atoms with E-state index in [1.165, 1.54) is 29.3 Å². The van der Waals surface area contributed by atoms with E-state index >= 15 is 0 Å². The lowest BCUT2D eigenvalue weighted by Gasteiger charge is -2.29. The molecule has 1 rings (SSSR count). The van der Waals surface area contributed by atoms with Gasteiger partial charge >= 0.3 is 0 Å². The van der Waals surface area contributed by atoms with Gasteiger partial charge in [-0.15, -0.1) is 6.42 Å². The number of hydrogen-bond donors (Lipinski definition) is 0. The fourth-order valence-electron chi connectivity index (χ4n) is 5.76. The summed E-state index contributed by atoms with van der Waals surface area (Å²) in [7, 11) is 0. The number of allylic oxidation sites excluding steroid dienone is 16. The van der Waals surface area contributed by atoms with Crippen molar-refractivity contribution < 1.29 is 8.98 Å². The second-order valence-corrected chi connectivity index (χ2v) is 14.8. The molecule has 1 aromatic rings. The Labute approximate surface area is 387 Å². The molecule has 0 fully saturated rings. The number of unbranched alkanes of at least 4 members (excludes halogenated alkanes) is 1. The third-order valence-corrected chi connectivity index (χ3v) is 9.13. The zero-order valence-electron chi connectivity index (χ0n) is 41.1. The summed E-state index contributed by atoms with van der Waals surface area (Å²) < 4.78 is 5.55. The second-order valence-electron chi connectivity index (χ2n) is 14.3. The number of nitrogens with zero attached hydrogens (tertiary/aromatic N) is 2. The molecule has 342 valence electrons. The molecule has 0 radical (unpaired) electrons. The van der Waals surface area contributed by atoms with Gasteiger partial charge in [0.1, 0.15) is 17.8 Å². The first kappa shape index (κ1) is 61.5. The maximum Gasteiger partial charge on any atom is 0.215 e. The first-order valence-corrected chi connectivity index (χ1v) is 23.5. The van der Waals surface area contributed by atoms with Gasteiger partial charge in [-0.25, -0.2) is 0 Å². The van der Waals surface area contributed by atoms with Crippen molar-refractivity contribution in [3.8, 4) is 18.1 Å². The predicted octanol–water partition coefficient (Wildman–Crippen LogP) is 16.6. The normalized spacial score (nSPS) is 13.2. The van der Waals surface area contributed by atoms with E-state index in [4.69, 9.17) is 4.18 Å². The molecule has 0 aromatic heterocycles. The van der Waals surface area contributed by atoms with E-state index in [1.54, 1.807) is 0 Å². The maximum atomic E-state index is 10.9. The van der Waals surface area contributed by atoms with Crippen molar-refractivity contribution in [3.05, 3.63) is 169 Å². The number of terminal acetylenes is 1. The van der Waals surface area contributed by atoms with Crippen LogP contribution in [0, 0.1) is 12.3 Å². The molecule has 2 unspecified atom stereocenters. The third kappa shape index (κ3) is 32.9. The van der Waals surface area contributed by atoms with Crippen molar-refractivity contribution in [1.82, 2.24) is 9.80 Å². The van der Waals surface area contributed by atoms with Crippen LogP contribution in [-0.2, 0) is 4.79 Å². The lowest BCUT2D eigenvalue weighted by atomic mass is 9.96. The summed E-state index contributed by atoms with van der Waals surface area (Å²) >= 11 is 0.807. The van der Waals surface area contributed by atoms with Crippen LogP contribution in [0.25, 0.3) is 6.08 Å². The number of hydrogen-bond acceptors (Lipinski definition) is 5. The van der Waals surface area contributed by atoms with Gasteiger partial charge in [0.15, 0.2) is 0 Å². The van der Waals surface area contributed by atoms with Gasteiger partial charge in [0.25, 0.3) is 0 Å². The number of carbonyl (C=O) groups is 1. The van der Waals surface area contributed by atoms with Gasteiger partial charge in [-0.3, -0.25) is 9.69 Å². The summed E-state index contributed by atoms with van der Waals surface area (Å²) in [5.74, 6) is 3.24. The Balaban J connectivity index is -0.00000353. The first-order valence-electron chi connectivity index (χ1n) is 22.7. The van der Waals surface area contributed by atoms with Gasteiger partial charge in [0.2, 0.25) is 5.62 Å². The Kier molecular flexibility index (Phi) is 45.4. The molecule has 0 aliphatic rings. The van der Waals surface area contributed by atoms with Gasteiger partial charge in [0, 0.05) is 37.4 Å². The van der Waals surface area contributed by atoms with E-state index in [0.29, 0.717) is 23.3 Å². The quantitative estimate of drug-likeness (QED) is 0.0289. The van der Waals surface area contributed by atoms with Crippen LogP contribution in [-0.4, -0.2) is 47.1 Å². The fraction of sp³-hybridized carbons (Fsp3) is 0.421. The van der Waals surface area contributed by atoms with E-state index in [-0.39, 0.29) is 6.04 Å². The van der Waals surface area contributed by atoms with E-state index in [1.807, 2.05) is 45.9 Å². The van der Waals surface area contributed by atoms with E-state index < -0.39 is 0 Å². The van der Waals surface area contributed by atoms with Crippen molar-refractivity contribution in [2.24, 2.45) is 0 Å². The molecule has 0 amide bonds. The zero-order chi connectivity index (χ0) is 47.2. The van der Waals surface area contributed by atoms with Gasteiger partial charge in [-0.1, -0.05) is 196 Å². The van der Waals surface area contributed by atoms with Crippen molar-refractivity contribution in [1.29, 1.82) is 0 Å². The van der Waals surface area contributed by atoms with Crippen LogP contribution in [0.1, 0.15) is 139 Å². The van der Waals surface area contributed by atoms with Crippen LogP contribution in [0.2, 0.25) is 0 Å². The van der Waals surface area contributed by atoms with E-state index in [9.17, 15) is 4.79 Å². The molecular formula is C57H86N2O2S. The van der Waals surface area contributed by atoms with Crippen LogP contribution < -0.4 is 4.18 Å². The highest BCUT2D eigenvalue weighted by Gasteiger charge is 2.14. The Hall–Kier alpha value is -4.76. The van der Waals surface area contributed by atoms with Crippen LogP contribution >= 0.6 is 12.0 Å². The smallest absolute Gasteiger partial charge is 0.215 e. The van der Waals surface area contributed by atoms with E-state index in [2.05, 4.69) is 206 Å².